The molecule has 1 fully saturated rings. The first-order valence-corrected chi connectivity index (χ1v) is 6.93. The van der Waals surface area contributed by atoms with Gasteiger partial charge < -0.3 is 5.11 Å². The van der Waals surface area contributed by atoms with Gasteiger partial charge in [-0.1, -0.05) is 26.0 Å². The average molecular weight is 268 g/mol. The van der Waals surface area contributed by atoms with Crippen LogP contribution in [0.5, 0.6) is 0 Å². The molecule has 2 rings (SSSR count). The molecule has 0 aliphatic heterocycles. The van der Waals surface area contributed by atoms with Crippen molar-refractivity contribution >= 4 is 0 Å². The molecule has 1 atom stereocenters. The van der Waals surface area contributed by atoms with Crippen LogP contribution in [0.3, 0.4) is 0 Å². The van der Waals surface area contributed by atoms with Crippen LogP contribution < -0.4 is 0 Å². The Morgan fingerprint density at radius 1 is 1.00 bits per heavy atom. The minimum Gasteiger partial charge on any atom is -0.385 e. The summed E-state index contributed by atoms with van der Waals surface area (Å²) in [6, 6.07) is 3.08. The van der Waals surface area contributed by atoms with Crippen molar-refractivity contribution in [3.05, 3.63) is 34.9 Å². The third-order valence-electron chi connectivity index (χ3n) is 4.44. The number of hydrogen-bond donors (Lipinski definition) is 1. The van der Waals surface area contributed by atoms with Gasteiger partial charge in [-0.3, -0.25) is 0 Å². The Bertz CT molecular complexity index is 482. The fourth-order valence-corrected chi connectivity index (χ4v) is 2.93. The zero-order chi connectivity index (χ0) is 14.3. The fourth-order valence-electron chi connectivity index (χ4n) is 2.93. The van der Waals surface area contributed by atoms with E-state index in [0.29, 0.717) is 12.8 Å². The van der Waals surface area contributed by atoms with Crippen molar-refractivity contribution in [2.24, 2.45) is 5.41 Å². The molecule has 1 unspecified atom stereocenters. The third kappa shape index (κ3) is 2.81. The molecule has 1 nitrogen and oxygen atoms in total. The standard InChI is InChI=1S/C16H22F2O/c1-11-5-6-12(14(18)13(11)17)16(19)8-4-7-15(2,3)9-10-16/h5-6,19H,4,7-10H2,1-3H3. The molecule has 0 bridgehead atoms. The highest BCUT2D eigenvalue weighted by molar-refractivity contribution is 5.30. The summed E-state index contributed by atoms with van der Waals surface area (Å²) in [6.07, 6.45) is 3.64. The number of hydrogen-bond acceptors (Lipinski definition) is 1. The lowest BCUT2D eigenvalue weighted by molar-refractivity contribution is 0.0140. The second kappa shape index (κ2) is 4.86. The second-order valence-electron chi connectivity index (χ2n) is 6.61. The summed E-state index contributed by atoms with van der Waals surface area (Å²) in [7, 11) is 0. The van der Waals surface area contributed by atoms with Crippen molar-refractivity contribution < 1.29 is 13.9 Å². The van der Waals surface area contributed by atoms with E-state index in [1.807, 2.05) is 0 Å². The van der Waals surface area contributed by atoms with Gasteiger partial charge in [-0.15, -0.1) is 0 Å². The lowest BCUT2D eigenvalue weighted by Crippen LogP contribution is -2.27. The molecule has 0 aromatic heterocycles. The van der Waals surface area contributed by atoms with E-state index in [9.17, 15) is 13.9 Å². The number of aliphatic hydroxyl groups is 1. The van der Waals surface area contributed by atoms with Gasteiger partial charge in [0.2, 0.25) is 0 Å². The van der Waals surface area contributed by atoms with Crippen molar-refractivity contribution in [2.45, 2.75) is 58.5 Å². The summed E-state index contributed by atoms with van der Waals surface area (Å²) in [6.45, 7) is 5.85. The van der Waals surface area contributed by atoms with Crippen molar-refractivity contribution in [3.8, 4) is 0 Å². The summed E-state index contributed by atoms with van der Waals surface area (Å²) in [4.78, 5) is 0. The molecule has 19 heavy (non-hydrogen) atoms. The molecule has 0 saturated heterocycles. The van der Waals surface area contributed by atoms with E-state index in [1.54, 1.807) is 6.07 Å². The molecular weight excluding hydrogens is 246 g/mol. The smallest absolute Gasteiger partial charge is 0.165 e. The Morgan fingerprint density at radius 3 is 2.37 bits per heavy atom. The molecule has 0 amide bonds. The highest BCUT2D eigenvalue weighted by atomic mass is 19.2. The van der Waals surface area contributed by atoms with Gasteiger partial charge in [-0.2, -0.15) is 0 Å². The first kappa shape index (κ1) is 14.4. The molecule has 0 radical (unpaired) electrons. The Labute approximate surface area is 113 Å². The molecule has 0 spiro atoms. The van der Waals surface area contributed by atoms with Crippen molar-refractivity contribution in [1.82, 2.24) is 0 Å². The van der Waals surface area contributed by atoms with Gasteiger partial charge in [-0.05, 0) is 50.0 Å². The van der Waals surface area contributed by atoms with Crippen molar-refractivity contribution in [2.75, 3.05) is 0 Å². The van der Waals surface area contributed by atoms with E-state index in [1.165, 1.54) is 13.0 Å². The minimum absolute atomic E-state index is 0.119. The van der Waals surface area contributed by atoms with Gasteiger partial charge in [0.1, 0.15) is 0 Å². The number of benzene rings is 1. The molecule has 1 aromatic carbocycles. The monoisotopic (exact) mass is 268 g/mol. The van der Waals surface area contributed by atoms with Gasteiger partial charge >= 0.3 is 0 Å². The zero-order valence-corrected chi connectivity index (χ0v) is 11.9. The van der Waals surface area contributed by atoms with Crippen LogP contribution in [0.2, 0.25) is 0 Å². The molecular formula is C16H22F2O. The van der Waals surface area contributed by atoms with E-state index < -0.39 is 17.2 Å². The molecule has 1 aliphatic rings. The molecule has 1 N–H and O–H groups in total. The summed E-state index contributed by atoms with van der Waals surface area (Å²) in [5, 5.41) is 10.7. The Kier molecular flexibility index (Phi) is 3.69. The number of halogens is 2. The highest BCUT2D eigenvalue weighted by Crippen LogP contribution is 2.43. The van der Waals surface area contributed by atoms with Crippen LogP contribution in [0, 0.1) is 24.0 Å². The summed E-state index contributed by atoms with van der Waals surface area (Å²) in [5.74, 6) is -1.73. The van der Waals surface area contributed by atoms with Crippen LogP contribution in [0.1, 0.15) is 57.1 Å². The fraction of sp³-hybridized carbons (Fsp3) is 0.625. The number of aryl methyl sites for hydroxylation is 1. The SMILES string of the molecule is Cc1ccc(C2(O)CCCC(C)(C)CC2)c(F)c1F. The minimum atomic E-state index is -1.23. The third-order valence-corrected chi connectivity index (χ3v) is 4.44. The van der Waals surface area contributed by atoms with Gasteiger partial charge in [0.15, 0.2) is 11.6 Å². The van der Waals surface area contributed by atoms with E-state index >= 15 is 0 Å². The van der Waals surface area contributed by atoms with E-state index in [2.05, 4.69) is 13.8 Å². The molecule has 1 aliphatic carbocycles. The van der Waals surface area contributed by atoms with Crippen LogP contribution >= 0.6 is 0 Å². The van der Waals surface area contributed by atoms with E-state index in [4.69, 9.17) is 0 Å². The first-order valence-electron chi connectivity index (χ1n) is 6.93. The maximum absolute atomic E-state index is 14.1. The number of rotatable bonds is 1. The summed E-state index contributed by atoms with van der Waals surface area (Å²) < 4.78 is 27.8. The Hall–Kier alpha value is -0.960. The topological polar surface area (TPSA) is 20.2 Å². The summed E-state index contributed by atoms with van der Waals surface area (Å²) >= 11 is 0. The average Bonchev–Trinajstić information content (AvgIpc) is 2.46. The zero-order valence-electron chi connectivity index (χ0n) is 11.9. The van der Waals surface area contributed by atoms with Crippen LogP contribution in [0.25, 0.3) is 0 Å². The normalized spacial score (nSPS) is 27.1. The summed E-state index contributed by atoms with van der Waals surface area (Å²) in [5.41, 5.74) is -0.677. The second-order valence-corrected chi connectivity index (χ2v) is 6.61. The van der Waals surface area contributed by atoms with Gasteiger partial charge in [0, 0.05) is 5.56 Å². The van der Waals surface area contributed by atoms with Crippen molar-refractivity contribution in [1.29, 1.82) is 0 Å². The van der Waals surface area contributed by atoms with Gasteiger partial charge in [-0.25, -0.2) is 8.78 Å². The lowest BCUT2D eigenvalue weighted by Gasteiger charge is -2.29. The van der Waals surface area contributed by atoms with Gasteiger partial charge in [0.05, 0.1) is 5.60 Å². The molecule has 0 heterocycles. The van der Waals surface area contributed by atoms with Gasteiger partial charge in [0.25, 0.3) is 0 Å². The van der Waals surface area contributed by atoms with Crippen LogP contribution in [-0.2, 0) is 5.60 Å². The molecule has 3 heteroatoms. The lowest BCUT2D eigenvalue weighted by atomic mass is 9.82. The molecule has 1 aromatic rings. The largest absolute Gasteiger partial charge is 0.385 e. The van der Waals surface area contributed by atoms with E-state index in [-0.39, 0.29) is 16.5 Å². The predicted molar refractivity (Wildman–Crippen MR) is 71.9 cm³/mol. The van der Waals surface area contributed by atoms with Crippen molar-refractivity contribution in [3.63, 3.8) is 0 Å². The van der Waals surface area contributed by atoms with E-state index in [0.717, 1.165) is 19.3 Å². The Morgan fingerprint density at radius 2 is 1.68 bits per heavy atom. The first-order chi connectivity index (χ1) is 8.75. The molecule has 1 saturated carbocycles. The molecule has 106 valence electrons. The predicted octanol–water partition coefficient (Wildman–Crippen LogP) is 4.45. The maximum Gasteiger partial charge on any atom is 0.165 e. The maximum atomic E-state index is 14.1. The highest BCUT2D eigenvalue weighted by Gasteiger charge is 2.37. The van der Waals surface area contributed by atoms with Crippen LogP contribution in [0.4, 0.5) is 8.78 Å². The van der Waals surface area contributed by atoms with Crippen LogP contribution in [-0.4, -0.2) is 5.11 Å². The van der Waals surface area contributed by atoms with Crippen LogP contribution in [0.15, 0.2) is 12.1 Å². The Balaban J connectivity index is 2.37. The quantitative estimate of drug-likeness (QED) is 0.746.